The fourth-order valence-corrected chi connectivity index (χ4v) is 1.75. The number of ether oxygens (including phenoxy) is 1. The summed E-state index contributed by atoms with van der Waals surface area (Å²) < 4.78 is 5.14. The van der Waals surface area contributed by atoms with Crippen molar-refractivity contribution in [3.05, 3.63) is 12.2 Å². The minimum Gasteiger partial charge on any atom is -0.394 e. The van der Waals surface area contributed by atoms with E-state index in [4.69, 9.17) is 9.84 Å². The molecule has 1 rings (SSSR count). The Bertz CT molecular complexity index is 138. The molecule has 0 aromatic heterocycles. The van der Waals surface area contributed by atoms with E-state index < -0.39 is 0 Å². The number of rotatable bonds is 3. The van der Waals surface area contributed by atoms with Crippen LogP contribution in [0.4, 0.5) is 0 Å². The van der Waals surface area contributed by atoms with Crippen LogP contribution in [-0.2, 0) is 4.74 Å². The standard InChI is InChI=1S/C9H16O2/c1-7-4-3-5-8(7)9(6-10)11-2/h8-10H,1,3-6H2,2H3. The average Bonchev–Trinajstić information content (AvgIpc) is 2.40. The Morgan fingerprint density at radius 2 is 2.55 bits per heavy atom. The third kappa shape index (κ3) is 1.82. The van der Waals surface area contributed by atoms with Crippen molar-refractivity contribution in [1.29, 1.82) is 0 Å². The maximum atomic E-state index is 8.94. The van der Waals surface area contributed by atoms with E-state index in [1.54, 1.807) is 7.11 Å². The summed E-state index contributed by atoms with van der Waals surface area (Å²) in [5, 5.41) is 8.94. The molecule has 1 N–H and O–H groups in total. The Labute approximate surface area is 67.9 Å². The van der Waals surface area contributed by atoms with Gasteiger partial charge in [-0.2, -0.15) is 0 Å². The first kappa shape index (κ1) is 8.75. The molecule has 2 unspecified atom stereocenters. The fraction of sp³-hybridized carbons (Fsp3) is 0.778. The van der Waals surface area contributed by atoms with Gasteiger partial charge in [-0.15, -0.1) is 0 Å². The van der Waals surface area contributed by atoms with Crippen LogP contribution < -0.4 is 0 Å². The minimum atomic E-state index is -0.0231. The van der Waals surface area contributed by atoms with Crippen LogP contribution in [0.1, 0.15) is 19.3 Å². The lowest BCUT2D eigenvalue weighted by molar-refractivity contribution is 0.0196. The first-order valence-corrected chi connectivity index (χ1v) is 4.11. The zero-order chi connectivity index (χ0) is 8.27. The predicted octanol–water partition coefficient (Wildman–Crippen LogP) is 1.35. The lowest BCUT2D eigenvalue weighted by Crippen LogP contribution is -2.25. The zero-order valence-electron chi connectivity index (χ0n) is 7.05. The van der Waals surface area contributed by atoms with Gasteiger partial charge in [0.2, 0.25) is 0 Å². The van der Waals surface area contributed by atoms with E-state index in [0.29, 0.717) is 5.92 Å². The van der Waals surface area contributed by atoms with Gasteiger partial charge in [-0.25, -0.2) is 0 Å². The molecule has 64 valence electrons. The molecule has 0 aromatic rings. The maximum absolute atomic E-state index is 8.94. The Morgan fingerprint density at radius 3 is 2.91 bits per heavy atom. The third-order valence-corrected chi connectivity index (χ3v) is 2.47. The van der Waals surface area contributed by atoms with Crippen LogP contribution >= 0.6 is 0 Å². The Balaban J connectivity index is 2.49. The molecule has 0 spiro atoms. The van der Waals surface area contributed by atoms with Crippen LogP contribution in [0.15, 0.2) is 12.2 Å². The molecule has 1 aliphatic rings. The highest BCUT2D eigenvalue weighted by Crippen LogP contribution is 2.32. The van der Waals surface area contributed by atoms with E-state index in [-0.39, 0.29) is 12.7 Å². The summed E-state index contributed by atoms with van der Waals surface area (Å²) >= 11 is 0. The summed E-state index contributed by atoms with van der Waals surface area (Å²) in [6, 6.07) is 0. The van der Waals surface area contributed by atoms with Gasteiger partial charge in [-0.3, -0.25) is 0 Å². The van der Waals surface area contributed by atoms with E-state index in [2.05, 4.69) is 6.58 Å². The van der Waals surface area contributed by atoms with Crippen LogP contribution in [0.2, 0.25) is 0 Å². The fourth-order valence-electron chi connectivity index (χ4n) is 1.75. The second-order valence-corrected chi connectivity index (χ2v) is 3.11. The molecule has 0 heterocycles. The van der Waals surface area contributed by atoms with Crippen LogP contribution in [0, 0.1) is 5.92 Å². The lowest BCUT2D eigenvalue weighted by atomic mass is 9.98. The van der Waals surface area contributed by atoms with Crippen LogP contribution in [0.3, 0.4) is 0 Å². The maximum Gasteiger partial charge on any atom is 0.0866 e. The molecule has 2 nitrogen and oxygen atoms in total. The molecule has 0 aliphatic heterocycles. The molecule has 0 saturated heterocycles. The molecule has 0 bridgehead atoms. The monoisotopic (exact) mass is 156 g/mol. The average molecular weight is 156 g/mol. The van der Waals surface area contributed by atoms with E-state index in [1.807, 2.05) is 0 Å². The van der Waals surface area contributed by atoms with Crippen molar-refractivity contribution in [2.75, 3.05) is 13.7 Å². The normalized spacial score (nSPS) is 27.5. The van der Waals surface area contributed by atoms with Crippen molar-refractivity contribution in [3.63, 3.8) is 0 Å². The highest BCUT2D eigenvalue weighted by molar-refractivity contribution is 5.08. The summed E-state index contributed by atoms with van der Waals surface area (Å²) in [5.74, 6) is 0.394. The Morgan fingerprint density at radius 1 is 1.82 bits per heavy atom. The van der Waals surface area contributed by atoms with Gasteiger partial charge in [0, 0.05) is 13.0 Å². The highest BCUT2D eigenvalue weighted by Gasteiger charge is 2.26. The van der Waals surface area contributed by atoms with Crippen molar-refractivity contribution in [2.24, 2.45) is 5.92 Å². The van der Waals surface area contributed by atoms with Crippen molar-refractivity contribution < 1.29 is 9.84 Å². The number of methoxy groups -OCH3 is 1. The van der Waals surface area contributed by atoms with Gasteiger partial charge in [0.1, 0.15) is 0 Å². The Kier molecular flexibility index (Phi) is 3.09. The van der Waals surface area contributed by atoms with Crippen molar-refractivity contribution in [1.82, 2.24) is 0 Å². The molecule has 1 fully saturated rings. The quantitative estimate of drug-likeness (QED) is 0.625. The number of hydrogen-bond acceptors (Lipinski definition) is 2. The smallest absolute Gasteiger partial charge is 0.0866 e. The molecular formula is C9H16O2. The first-order chi connectivity index (χ1) is 5.29. The van der Waals surface area contributed by atoms with Crippen molar-refractivity contribution in [3.8, 4) is 0 Å². The van der Waals surface area contributed by atoms with Gasteiger partial charge in [0.15, 0.2) is 0 Å². The van der Waals surface area contributed by atoms with Gasteiger partial charge in [-0.05, 0) is 19.3 Å². The minimum absolute atomic E-state index is 0.0231. The largest absolute Gasteiger partial charge is 0.394 e. The first-order valence-electron chi connectivity index (χ1n) is 4.11. The predicted molar refractivity (Wildman–Crippen MR) is 44.4 cm³/mol. The van der Waals surface area contributed by atoms with Gasteiger partial charge < -0.3 is 9.84 Å². The van der Waals surface area contributed by atoms with Crippen molar-refractivity contribution in [2.45, 2.75) is 25.4 Å². The van der Waals surface area contributed by atoms with Crippen LogP contribution in [-0.4, -0.2) is 24.9 Å². The van der Waals surface area contributed by atoms with E-state index >= 15 is 0 Å². The lowest BCUT2D eigenvalue weighted by Gasteiger charge is -2.20. The second-order valence-electron chi connectivity index (χ2n) is 3.11. The molecule has 0 radical (unpaired) electrons. The third-order valence-electron chi connectivity index (χ3n) is 2.47. The highest BCUT2D eigenvalue weighted by atomic mass is 16.5. The topological polar surface area (TPSA) is 29.5 Å². The number of hydrogen-bond donors (Lipinski definition) is 1. The van der Waals surface area contributed by atoms with Crippen LogP contribution in [0.25, 0.3) is 0 Å². The number of aliphatic hydroxyl groups is 1. The molecule has 2 heteroatoms. The van der Waals surface area contributed by atoms with Crippen LogP contribution in [0.5, 0.6) is 0 Å². The second kappa shape index (κ2) is 3.88. The SMILES string of the molecule is C=C1CCCC1C(CO)OC. The molecule has 2 atom stereocenters. The van der Waals surface area contributed by atoms with E-state index in [0.717, 1.165) is 12.8 Å². The molecule has 0 aromatic carbocycles. The summed E-state index contributed by atoms with van der Waals surface area (Å²) in [6.07, 6.45) is 3.40. The van der Waals surface area contributed by atoms with Gasteiger partial charge in [0.25, 0.3) is 0 Å². The Hall–Kier alpha value is -0.340. The summed E-state index contributed by atoms with van der Waals surface area (Å²) in [7, 11) is 1.65. The molecular weight excluding hydrogens is 140 g/mol. The zero-order valence-corrected chi connectivity index (χ0v) is 7.05. The van der Waals surface area contributed by atoms with E-state index in [9.17, 15) is 0 Å². The number of aliphatic hydroxyl groups excluding tert-OH is 1. The molecule has 0 amide bonds. The summed E-state index contributed by atoms with van der Waals surface area (Å²) in [4.78, 5) is 0. The van der Waals surface area contributed by atoms with E-state index in [1.165, 1.54) is 12.0 Å². The molecule has 11 heavy (non-hydrogen) atoms. The van der Waals surface area contributed by atoms with Gasteiger partial charge in [0.05, 0.1) is 12.7 Å². The summed E-state index contributed by atoms with van der Waals surface area (Å²) in [6.45, 7) is 4.07. The van der Waals surface area contributed by atoms with Gasteiger partial charge >= 0.3 is 0 Å². The molecule has 1 aliphatic carbocycles. The summed E-state index contributed by atoms with van der Waals surface area (Å²) in [5.41, 5.74) is 1.24. The van der Waals surface area contributed by atoms with Gasteiger partial charge in [-0.1, -0.05) is 12.2 Å². The van der Waals surface area contributed by atoms with Crippen molar-refractivity contribution >= 4 is 0 Å². The molecule has 1 saturated carbocycles.